The van der Waals surface area contributed by atoms with Gasteiger partial charge in [-0.25, -0.2) is 0 Å². The number of fused-ring (bicyclic) bond motifs is 1. The third-order valence-electron chi connectivity index (χ3n) is 5.22. The van der Waals surface area contributed by atoms with Crippen molar-refractivity contribution in [3.63, 3.8) is 0 Å². The average molecular weight is 346 g/mol. The molecule has 26 heavy (non-hydrogen) atoms. The quantitative estimate of drug-likeness (QED) is 0.693. The van der Waals surface area contributed by atoms with Crippen molar-refractivity contribution in [2.45, 2.75) is 32.0 Å². The lowest BCUT2D eigenvalue weighted by Gasteiger charge is -2.23. The van der Waals surface area contributed by atoms with Gasteiger partial charge in [0, 0.05) is 24.2 Å². The molecular formula is C23H26N2O. The molecule has 1 aliphatic rings. The van der Waals surface area contributed by atoms with E-state index >= 15 is 0 Å². The van der Waals surface area contributed by atoms with Crippen LogP contribution in [0.5, 0.6) is 5.75 Å². The minimum atomic E-state index is 0.363. The molecule has 3 aromatic carbocycles. The van der Waals surface area contributed by atoms with Gasteiger partial charge in [-0.1, -0.05) is 60.7 Å². The van der Waals surface area contributed by atoms with E-state index in [0.717, 1.165) is 25.3 Å². The smallest absolute Gasteiger partial charge is 0.124 e. The van der Waals surface area contributed by atoms with Gasteiger partial charge in [0.05, 0.1) is 6.61 Å². The topological polar surface area (TPSA) is 33.3 Å². The highest BCUT2D eigenvalue weighted by Crippen LogP contribution is 2.30. The van der Waals surface area contributed by atoms with E-state index in [1.807, 2.05) is 6.92 Å². The van der Waals surface area contributed by atoms with Crippen molar-refractivity contribution >= 4 is 10.8 Å². The number of hydrogen-bond acceptors (Lipinski definition) is 3. The molecule has 0 unspecified atom stereocenters. The van der Waals surface area contributed by atoms with Gasteiger partial charge in [0.15, 0.2) is 0 Å². The number of hydrogen-bond donors (Lipinski definition) is 2. The average Bonchev–Trinajstić information content (AvgIpc) is 3.16. The molecule has 1 fully saturated rings. The Morgan fingerprint density at radius 3 is 2.65 bits per heavy atom. The summed E-state index contributed by atoms with van der Waals surface area (Å²) in [6, 6.07) is 24.3. The molecule has 3 heteroatoms. The molecule has 0 aliphatic carbocycles. The van der Waals surface area contributed by atoms with Crippen molar-refractivity contribution in [2.24, 2.45) is 0 Å². The molecule has 1 aliphatic heterocycles. The summed E-state index contributed by atoms with van der Waals surface area (Å²) in [6.07, 6.45) is 1.13. The Labute approximate surface area is 155 Å². The monoisotopic (exact) mass is 346 g/mol. The van der Waals surface area contributed by atoms with Crippen molar-refractivity contribution in [3.8, 4) is 5.75 Å². The fraction of sp³-hybridized carbons (Fsp3) is 0.304. The third-order valence-corrected chi connectivity index (χ3v) is 5.22. The highest BCUT2D eigenvalue weighted by Gasteiger charge is 2.27. The maximum atomic E-state index is 5.92. The van der Waals surface area contributed by atoms with Crippen LogP contribution in [0.15, 0.2) is 66.7 Å². The molecule has 0 aromatic heterocycles. The zero-order valence-electron chi connectivity index (χ0n) is 15.2. The molecule has 0 radical (unpaired) electrons. The first-order chi connectivity index (χ1) is 12.9. The Bertz CT molecular complexity index is 862. The Morgan fingerprint density at radius 2 is 1.81 bits per heavy atom. The van der Waals surface area contributed by atoms with Crippen LogP contribution in [0.25, 0.3) is 10.8 Å². The largest absolute Gasteiger partial charge is 0.494 e. The molecule has 1 heterocycles. The molecule has 0 spiro atoms. The minimum Gasteiger partial charge on any atom is -0.494 e. The molecule has 2 atom stereocenters. The van der Waals surface area contributed by atoms with E-state index in [4.69, 9.17) is 4.74 Å². The normalized spacial score (nSPS) is 19.7. The predicted molar refractivity (Wildman–Crippen MR) is 108 cm³/mol. The van der Waals surface area contributed by atoms with Gasteiger partial charge in [-0.3, -0.25) is 0 Å². The molecule has 134 valence electrons. The molecule has 3 nitrogen and oxygen atoms in total. The summed E-state index contributed by atoms with van der Waals surface area (Å²) < 4.78 is 5.92. The van der Waals surface area contributed by atoms with Crippen molar-refractivity contribution in [3.05, 3.63) is 77.9 Å². The maximum Gasteiger partial charge on any atom is 0.124 e. The predicted octanol–water partition coefficient (Wildman–Crippen LogP) is 4.43. The van der Waals surface area contributed by atoms with Crippen LogP contribution in [-0.2, 0) is 6.54 Å². The molecule has 4 rings (SSSR count). The third kappa shape index (κ3) is 3.46. The van der Waals surface area contributed by atoms with E-state index < -0.39 is 0 Å². The van der Waals surface area contributed by atoms with E-state index in [2.05, 4.69) is 77.4 Å². The van der Waals surface area contributed by atoms with Crippen molar-refractivity contribution in [2.75, 3.05) is 13.2 Å². The van der Waals surface area contributed by atoms with Crippen LogP contribution < -0.4 is 15.4 Å². The highest BCUT2D eigenvalue weighted by molar-refractivity contribution is 5.87. The fourth-order valence-electron chi connectivity index (χ4n) is 3.96. The van der Waals surface area contributed by atoms with E-state index in [0.29, 0.717) is 18.7 Å². The summed E-state index contributed by atoms with van der Waals surface area (Å²) in [5, 5.41) is 9.97. The number of ether oxygens (including phenoxy) is 1. The fourth-order valence-corrected chi connectivity index (χ4v) is 3.96. The summed E-state index contributed by atoms with van der Waals surface area (Å²) >= 11 is 0. The summed E-state index contributed by atoms with van der Waals surface area (Å²) in [5.41, 5.74) is 2.61. The molecule has 3 aromatic rings. The number of benzene rings is 3. The number of nitrogens with one attached hydrogen (secondary N) is 2. The van der Waals surface area contributed by atoms with Crippen molar-refractivity contribution in [1.29, 1.82) is 0 Å². The second-order valence-corrected chi connectivity index (χ2v) is 6.81. The Hall–Kier alpha value is -2.36. The Kier molecular flexibility index (Phi) is 5.19. The van der Waals surface area contributed by atoms with Crippen LogP contribution in [0.3, 0.4) is 0 Å². The van der Waals surface area contributed by atoms with Crippen molar-refractivity contribution < 1.29 is 4.74 Å². The lowest BCUT2D eigenvalue weighted by molar-refractivity contribution is 0.334. The van der Waals surface area contributed by atoms with Crippen LogP contribution in [0.2, 0.25) is 0 Å². The highest BCUT2D eigenvalue weighted by atomic mass is 16.5. The SMILES string of the molecule is CCOc1ccc2ccccc2c1CN[C@H]1CCN[C@H]1c1ccccc1. The van der Waals surface area contributed by atoms with E-state index in [1.165, 1.54) is 21.9 Å². The summed E-state index contributed by atoms with van der Waals surface area (Å²) in [7, 11) is 0. The van der Waals surface area contributed by atoms with Gasteiger partial charge in [0.25, 0.3) is 0 Å². The van der Waals surface area contributed by atoms with Crippen LogP contribution in [-0.4, -0.2) is 19.2 Å². The van der Waals surface area contributed by atoms with Gasteiger partial charge in [-0.05, 0) is 42.3 Å². The van der Waals surface area contributed by atoms with Crippen LogP contribution in [0, 0.1) is 0 Å². The molecule has 0 bridgehead atoms. The first-order valence-corrected chi connectivity index (χ1v) is 9.52. The first-order valence-electron chi connectivity index (χ1n) is 9.52. The zero-order chi connectivity index (χ0) is 17.8. The van der Waals surface area contributed by atoms with E-state index in [9.17, 15) is 0 Å². The maximum absolute atomic E-state index is 5.92. The van der Waals surface area contributed by atoms with Crippen LogP contribution in [0.4, 0.5) is 0 Å². The minimum absolute atomic E-state index is 0.363. The lowest BCUT2D eigenvalue weighted by atomic mass is 9.99. The summed E-state index contributed by atoms with van der Waals surface area (Å²) in [6.45, 7) is 4.58. The second-order valence-electron chi connectivity index (χ2n) is 6.81. The summed E-state index contributed by atoms with van der Waals surface area (Å²) in [4.78, 5) is 0. The van der Waals surface area contributed by atoms with Gasteiger partial charge < -0.3 is 15.4 Å². The van der Waals surface area contributed by atoms with Gasteiger partial charge in [0.2, 0.25) is 0 Å². The standard InChI is InChI=1S/C23H26N2O/c1-2-26-22-13-12-17-8-6-7-11-19(17)20(22)16-25-21-14-15-24-23(21)18-9-4-3-5-10-18/h3-13,21,23-25H,2,14-16H2,1H3/t21-,23-/m0/s1. The van der Waals surface area contributed by atoms with Crippen LogP contribution >= 0.6 is 0 Å². The first kappa shape index (κ1) is 17.1. The van der Waals surface area contributed by atoms with Gasteiger partial charge in [-0.2, -0.15) is 0 Å². The molecule has 2 N–H and O–H groups in total. The van der Waals surface area contributed by atoms with E-state index in [-0.39, 0.29) is 0 Å². The Balaban J connectivity index is 1.58. The van der Waals surface area contributed by atoms with Gasteiger partial charge in [0.1, 0.15) is 5.75 Å². The molecule has 0 saturated carbocycles. The summed E-state index contributed by atoms with van der Waals surface area (Å²) in [5.74, 6) is 0.987. The van der Waals surface area contributed by atoms with Gasteiger partial charge in [-0.15, -0.1) is 0 Å². The molecular weight excluding hydrogens is 320 g/mol. The second kappa shape index (κ2) is 7.90. The molecule has 1 saturated heterocycles. The molecule has 0 amide bonds. The van der Waals surface area contributed by atoms with Crippen molar-refractivity contribution in [1.82, 2.24) is 10.6 Å². The van der Waals surface area contributed by atoms with Gasteiger partial charge >= 0.3 is 0 Å². The van der Waals surface area contributed by atoms with Crippen LogP contribution in [0.1, 0.15) is 30.5 Å². The lowest BCUT2D eigenvalue weighted by Crippen LogP contribution is -2.34. The number of rotatable bonds is 6. The Morgan fingerprint density at radius 1 is 1.00 bits per heavy atom. The zero-order valence-corrected chi connectivity index (χ0v) is 15.2. The van der Waals surface area contributed by atoms with E-state index in [1.54, 1.807) is 0 Å².